The zero-order valence-corrected chi connectivity index (χ0v) is 19.9. The molecule has 3 heterocycles. The summed E-state index contributed by atoms with van der Waals surface area (Å²) in [5.41, 5.74) is 0. The van der Waals surface area contributed by atoms with Crippen LogP contribution in [0.2, 0.25) is 0 Å². The van der Waals surface area contributed by atoms with Gasteiger partial charge >= 0.3 is 0 Å². The fourth-order valence-electron chi connectivity index (χ4n) is 4.41. The lowest BCUT2D eigenvalue weighted by Crippen LogP contribution is -2.30. The van der Waals surface area contributed by atoms with E-state index in [-0.39, 0.29) is 0 Å². The Morgan fingerprint density at radius 3 is 1.50 bits per heavy atom. The molecular formula is C25H53N3. The summed E-state index contributed by atoms with van der Waals surface area (Å²) in [6.07, 6.45) is 18.7. The maximum atomic E-state index is 3.38. The molecule has 0 aromatic rings. The zero-order valence-electron chi connectivity index (χ0n) is 19.9. The van der Waals surface area contributed by atoms with Gasteiger partial charge in [-0.2, -0.15) is 0 Å². The van der Waals surface area contributed by atoms with Gasteiger partial charge in [0.1, 0.15) is 0 Å². The normalized spacial score (nSPS) is 29.1. The zero-order chi connectivity index (χ0) is 20.5. The molecule has 2 unspecified atom stereocenters. The van der Waals surface area contributed by atoms with Gasteiger partial charge in [-0.25, -0.2) is 0 Å². The van der Waals surface area contributed by atoms with Crippen LogP contribution < -0.4 is 10.6 Å². The Kier molecular flexibility index (Phi) is 16.4. The van der Waals surface area contributed by atoms with E-state index in [4.69, 9.17) is 0 Å². The molecule has 0 amide bonds. The molecule has 3 nitrogen and oxygen atoms in total. The van der Waals surface area contributed by atoms with Crippen molar-refractivity contribution in [3.63, 3.8) is 0 Å². The van der Waals surface area contributed by atoms with Crippen LogP contribution in [0.3, 0.4) is 0 Å². The maximum absolute atomic E-state index is 3.38. The van der Waals surface area contributed by atoms with Crippen LogP contribution in [0.1, 0.15) is 104 Å². The highest BCUT2D eigenvalue weighted by Gasteiger charge is 2.06. The van der Waals surface area contributed by atoms with E-state index < -0.39 is 0 Å². The first kappa shape index (κ1) is 25.9. The van der Waals surface area contributed by atoms with Gasteiger partial charge in [0.05, 0.1) is 0 Å². The van der Waals surface area contributed by atoms with Crippen LogP contribution >= 0.6 is 0 Å². The molecule has 0 aromatic heterocycles. The molecular weight excluding hydrogens is 342 g/mol. The van der Waals surface area contributed by atoms with Gasteiger partial charge < -0.3 is 15.5 Å². The van der Waals surface area contributed by atoms with Gasteiger partial charge in [0.25, 0.3) is 0 Å². The van der Waals surface area contributed by atoms with Crippen LogP contribution in [-0.4, -0.2) is 50.7 Å². The van der Waals surface area contributed by atoms with Gasteiger partial charge in [-0.05, 0) is 97.1 Å². The average Bonchev–Trinajstić information content (AvgIpc) is 2.72. The lowest BCUT2D eigenvalue weighted by molar-refractivity contribution is 0.277. The third-order valence-corrected chi connectivity index (χ3v) is 6.57. The number of rotatable bonds is 0. The second-order valence-corrected chi connectivity index (χ2v) is 9.91. The quantitative estimate of drug-likeness (QED) is 0.539. The van der Waals surface area contributed by atoms with Crippen molar-refractivity contribution in [2.75, 3.05) is 39.8 Å². The first-order chi connectivity index (χ1) is 13.6. The summed E-state index contributed by atoms with van der Waals surface area (Å²) >= 11 is 0. The summed E-state index contributed by atoms with van der Waals surface area (Å²) in [6.45, 7) is 13.3. The summed E-state index contributed by atoms with van der Waals surface area (Å²) in [6, 6.07) is 0.786. The van der Waals surface area contributed by atoms with Gasteiger partial charge in [-0.15, -0.1) is 0 Å². The monoisotopic (exact) mass is 395 g/mol. The molecule has 28 heavy (non-hydrogen) atoms. The van der Waals surface area contributed by atoms with Crippen LogP contribution in [0.25, 0.3) is 0 Å². The minimum Gasteiger partial charge on any atom is -0.316 e. The smallest absolute Gasteiger partial charge is 0.00387 e. The summed E-state index contributed by atoms with van der Waals surface area (Å²) in [5.74, 6) is 1.96. The van der Waals surface area contributed by atoms with Crippen LogP contribution in [0, 0.1) is 11.8 Å². The largest absolute Gasteiger partial charge is 0.316 e. The molecule has 0 radical (unpaired) electrons. The Labute approximate surface area is 177 Å². The Morgan fingerprint density at radius 2 is 1.21 bits per heavy atom. The Morgan fingerprint density at radius 1 is 0.607 bits per heavy atom. The van der Waals surface area contributed by atoms with E-state index in [1.807, 2.05) is 0 Å². The fraction of sp³-hybridized carbons (Fsp3) is 1.00. The van der Waals surface area contributed by atoms with E-state index >= 15 is 0 Å². The predicted molar refractivity (Wildman–Crippen MR) is 126 cm³/mol. The number of nitrogens with one attached hydrogen (secondary N) is 2. The number of nitrogens with zero attached hydrogens (tertiary/aromatic N) is 1. The van der Waals surface area contributed by atoms with E-state index in [9.17, 15) is 0 Å². The number of hydrogen-bond acceptors (Lipinski definition) is 3. The molecule has 3 aliphatic heterocycles. The lowest BCUT2D eigenvalue weighted by atomic mass is 9.91. The van der Waals surface area contributed by atoms with Crippen molar-refractivity contribution in [2.24, 2.45) is 11.8 Å². The topological polar surface area (TPSA) is 27.3 Å². The minimum atomic E-state index is 0.786. The third-order valence-electron chi connectivity index (χ3n) is 6.57. The SMILES string of the molecule is CC1CCCCC1.CC1CCCCN1.CC1CCCNC1.CN1CCCCC1. The van der Waals surface area contributed by atoms with Crippen molar-refractivity contribution in [3.8, 4) is 0 Å². The average molecular weight is 396 g/mol. The van der Waals surface area contributed by atoms with Crippen LogP contribution in [0.15, 0.2) is 0 Å². The number of likely N-dealkylation sites (tertiary alicyclic amines) is 1. The Bertz CT molecular complexity index is 246. The van der Waals surface area contributed by atoms with E-state index in [2.05, 4.69) is 43.4 Å². The molecule has 0 spiro atoms. The molecule has 0 aromatic carbocycles. The molecule has 168 valence electrons. The number of hydrogen-bond donors (Lipinski definition) is 2. The van der Waals surface area contributed by atoms with Crippen LogP contribution in [0.4, 0.5) is 0 Å². The van der Waals surface area contributed by atoms with Crippen molar-refractivity contribution < 1.29 is 0 Å². The lowest BCUT2D eigenvalue weighted by Gasteiger charge is -2.20. The Hall–Kier alpha value is -0.120. The number of piperidine rings is 3. The molecule has 1 saturated carbocycles. The maximum Gasteiger partial charge on any atom is 0.00387 e. The molecule has 3 saturated heterocycles. The fourth-order valence-corrected chi connectivity index (χ4v) is 4.41. The third kappa shape index (κ3) is 15.8. The van der Waals surface area contributed by atoms with E-state index in [0.29, 0.717) is 0 Å². The molecule has 2 N–H and O–H groups in total. The Balaban J connectivity index is 0.000000187. The van der Waals surface area contributed by atoms with Crippen molar-refractivity contribution in [1.82, 2.24) is 15.5 Å². The second kappa shape index (κ2) is 17.7. The van der Waals surface area contributed by atoms with Crippen LogP contribution in [0.5, 0.6) is 0 Å². The van der Waals surface area contributed by atoms with Crippen molar-refractivity contribution in [2.45, 2.75) is 110 Å². The summed E-state index contributed by atoms with van der Waals surface area (Å²) in [7, 11) is 2.19. The van der Waals surface area contributed by atoms with Gasteiger partial charge in [-0.3, -0.25) is 0 Å². The van der Waals surface area contributed by atoms with E-state index in [0.717, 1.165) is 17.9 Å². The van der Waals surface area contributed by atoms with Crippen molar-refractivity contribution in [1.29, 1.82) is 0 Å². The summed E-state index contributed by atoms with van der Waals surface area (Å²) in [5, 5.41) is 6.72. The summed E-state index contributed by atoms with van der Waals surface area (Å²) < 4.78 is 0. The van der Waals surface area contributed by atoms with Gasteiger partial charge in [-0.1, -0.05) is 58.8 Å². The van der Waals surface area contributed by atoms with Gasteiger partial charge in [0.2, 0.25) is 0 Å². The molecule has 2 atom stereocenters. The van der Waals surface area contributed by atoms with Gasteiger partial charge in [0.15, 0.2) is 0 Å². The molecule has 0 bridgehead atoms. The van der Waals surface area contributed by atoms with E-state index in [1.165, 1.54) is 116 Å². The predicted octanol–water partition coefficient (Wildman–Crippen LogP) is 5.84. The highest BCUT2D eigenvalue weighted by atomic mass is 15.1. The first-order valence-corrected chi connectivity index (χ1v) is 12.7. The minimum absolute atomic E-state index is 0.786. The van der Waals surface area contributed by atoms with Crippen molar-refractivity contribution >= 4 is 0 Å². The molecule has 4 aliphatic rings. The van der Waals surface area contributed by atoms with Gasteiger partial charge in [0, 0.05) is 6.04 Å². The molecule has 3 heteroatoms. The second-order valence-electron chi connectivity index (χ2n) is 9.91. The van der Waals surface area contributed by atoms with Crippen molar-refractivity contribution in [3.05, 3.63) is 0 Å². The highest BCUT2D eigenvalue weighted by Crippen LogP contribution is 2.22. The van der Waals surface area contributed by atoms with E-state index in [1.54, 1.807) is 0 Å². The standard InChI is InChI=1S/C7H14.3C6H13N/c1-7-5-3-2-4-6-7;1-6-3-2-4-7-5-6;1-7-5-3-2-4-6-7;1-6-4-2-3-5-7-6/h7H,2-6H2,1H3;6-7H,2-5H2,1H3;2-6H2,1H3;6-7H,2-5H2,1H3. The molecule has 4 rings (SSSR count). The first-order valence-electron chi connectivity index (χ1n) is 12.7. The molecule has 1 aliphatic carbocycles. The van der Waals surface area contributed by atoms with Crippen LogP contribution in [-0.2, 0) is 0 Å². The molecule has 4 fully saturated rings. The highest BCUT2D eigenvalue weighted by molar-refractivity contribution is 4.66. The summed E-state index contributed by atoms with van der Waals surface area (Å²) in [4.78, 5) is 2.39.